The summed E-state index contributed by atoms with van der Waals surface area (Å²) in [4.78, 5) is 48.9. The van der Waals surface area contributed by atoms with Gasteiger partial charge in [0.05, 0.1) is 0 Å². The normalized spacial score (nSPS) is 14.6. The third-order valence-electron chi connectivity index (χ3n) is 18.5. The molecule has 3 saturated heterocycles. The summed E-state index contributed by atoms with van der Waals surface area (Å²) in [5.41, 5.74) is 4.52. The van der Waals surface area contributed by atoms with Gasteiger partial charge in [0.15, 0.2) is 17.2 Å². The second-order valence-corrected chi connectivity index (χ2v) is 29.4. The first-order chi connectivity index (χ1) is 50.1. The number of anilines is 1. The van der Waals surface area contributed by atoms with Crippen molar-refractivity contribution in [2.45, 2.75) is 59.4 Å². The molecule has 0 unspecified atom stereocenters. The number of unbranched alkanes of at least 4 members (excludes halogenated alkanes) is 1. The molecule has 15 nitrogen and oxygen atoms in total. The number of likely N-dealkylation sites (tertiary alicyclic amines) is 3. The second kappa shape index (κ2) is 32.9. The Labute approximate surface area is 610 Å². The predicted molar refractivity (Wildman–Crippen MR) is 410 cm³/mol. The Kier molecular flexibility index (Phi) is 22.8. The van der Waals surface area contributed by atoms with Crippen LogP contribution in [0.5, 0.6) is 63.2 Å². The predicted octanol–water partition coefficient (Wildman–Crippen LogP) is 19.3. The van der Waals surface area contributed by atoms with Crippen LogP contribution < -0.4 is 29.0 Å². The van der Waals surface area contributed by atoms with E-state index in [1.807, 2.05) is 135 Å². The second-order valence-electron chi connectivity index (χ2n) is 26.3. The Morgan fingerprint density at radius 1 is 0.485 bits per heavy atom. The van der Waals surface area contributed by atoms with Gasteiger partial charge in [-0.2, -0.15) is 0 Å². The van der Waals surface area contributed by atoms with Crippen LogP contribution in [-0.4, -0.2) is 126 Å². The maximum absolute atomic E-state index is 13.5. The van der Waals surface area contributed by atoms with Gasteiger partial charge in [0, 0.05) is 97.9 Å². The van der Waals surface area contributed by atoms with Crippen molar-refractivity contribution in [1.82, 2.24) is 14.7 Å². The number of halogens is 1. The highest BCUT2D eigenvalue weighted by molar-refractivity contribution is 7.22. The van der Waals surface area contributed by atoms with Crippen LogP contribution in [0, 0.1) is 25.6 Å². The lowest BCUT2D eigenvalue weighted by Crippen LogP contribution is -2.46. The van der Waals surface area contributed by atoms with Crippen molar-refractivity contribution in [3.05, 3.63) is 248 Å². The number of fused-ring (bicyclic) bond motifs is 3. The number of carbonyl (C=O) groups is 3. The lowest BCUT2D eigenvalue weighted by molar-refractivity contribution is 0.0932. The SMILES string of the molecule is CCCCN1CC[C@@H](Nc2ccc(Oc3c(C(=O)c4ccc(F)cc4)sc4cc(O)ccc34)cc2)C1.Cc1ccccc1C(=O)c1sc2cc(O)ccc2c1Oc1ccc(OCCN2CC(C)C2)cc1.Cc1ccccc1C(=O)c1sc2cc(O)ccc2c1Oc1ccc(OCCN2CCC2)cc1. The molecule has 19 heteroatoms. The van der Waals surface area contributed by atoms with E-state index in [-0.39, 0.29) is 34.6 Å². The Hall–Kier alpha value is -10.1. The molecule has 4 N–H and O–H groups in total. The average molecular weight is 1440 g/mol. The van der Waals surface area contributed by atoms with Gasteiger partial charge in [-0.25, -0.2) is 4.39 Å². The van der Waals surface area contributed by atoms with Crippen LogP contribution in [-0.2, 0) is 0 Å². The zero-order chi connectivity index (χ0) is 71.5. The largest absolute Gasteiger partial charge is 0.508 e. The third-order valence-corrected chi connectivity index (χ3v) is 21.9. The summed E-state index contributed by atoms with van der Waals surface area (Å²) >= 11 is 3.91. The van der Waals surface area contributed by atoms with E-state index in [0.717, 1.165) is 130 Å². The number of carbonyl (C=O) groups excluding carboxylic acids is 3. The number of ether oxygens (including phenoxy) is 5. The number of ketones is 3. The highest BCUT2D eigenvalue weighted by Gasteiger charge is 2.28. The minimum absolute atomic E-state index is 0.0882. The van der Waals surface area contributed by atoms with Crippen molar-refractivity contribution in [2.75, 3.05) is 77.4 Å². The maximum Gasteiger partial charge on any atom is 0.207 e. The standard InChI is InChI=1S/C29H29FN2O3S.C28H27NO4S.C27H25NO4S/c1-2-3-15-32-16-14-22(18-32)31-21-8-11-24(12-9-21)35-28-25-13-10-23(33)17-26(25)36-29(28)27(34)19-4-6-20(30)7-5-19;1-18-16-29(17-18)13-14-32-21-8-10-22(11-9-21)33-27-24-12-7-20(30)15-25(24)34-28(27)26(31)23-6-4-3-5-19(23)2;1-18-5-2-3-6-22(18)25(30)27-26(23-12-7-19(29)17-24(23)33-27)32-21-10-8-20(9-11-21)31-16-15-28-13-4-14-28/h4-13,17,22,31,33H,2-3,14-16,18H2,1H3;3-12,15,18,30H,13-14,16-17H2,1-2H3;2-3,5-12,17,29H,4,13-16H2,1H3/t22-;;/m1../s1. The fourth-order valence-electron chi connectivity index (χ4n) is 12.7. The van der Waals surface area contributed by atoms with Gasteiger partial charge in [-0.15, -0.1) is 34.0 Å². The van der Waals surface area contributed by atoms with Gasteiger partial charge in [-0.3, -0.25) is 24.2 Å². The van der Waals surface area contributed by atoms with Crippen molar-refractivity contribution >= 4 is 87.3 Å². The summed E-state index contributed by atoms with van der Waals surface area (Å²) in [6, 6.07) is 58.8. The molecular weight excluding hydrogens is 1360 g/mol. The topological polar surface area (TPSA) is 180 Å². The number of aromatic hydroxyl groups is 3. The van der Waals surface area contributed by atoms with Crippen LogP contribution in [0.4, 0.5) is 10.1 Å². The number of nitrogens with one attached hydrogen (secondary N) is 1. The van der Waals surface area contributed by atoms with Crippen molar-refractivity contribution in [1.29, 1.82) is 0 Å². The molecule has 3 aliphatic heterocycles. The number of hydrogen-bond donors (Lipinski definition) is 4. The van der Waals surface area contributed by atoms with Crippen LogP contribution in [0.3, 0.4) is 0 Å². The first-order valence-electron chi connectivity index (χ1n) is 34.9. The van der Waals surface area contributed by atoms with Gasteiger partial charge in [0.25, 0.3) is 0 Å². The minimum Gasteiger partial charge on any atom is -0.508 e. The van der Waals surface area contributed by atoms with Crippen LogP contribution in [0.25, 0.3) is 30.3 Å². The minimum atomic E-state index is -0.399. The molecule has 6 heterocycles. The summed E-state index contributed by atoms with van der Waals surface area (Å²) in [7, 11) is 0. The Morgan fingerprint density at radius 3 is 1.34 bits per heavy atom. The molecule has 3 aromatic heterocycles. The summed E-state index contributed by atoms with van der Waals surface area (Å²) in [6.07, 6.45) is 4.86. The van der Waals surface area contributed by atoms with Gasteiger partial charge in [-0.05, 0) is 221 Å². The van der Waals surface area contributed by atoms with E-state index in [0.29, 0.717) is 85.1 Å². The first kappa shape index (κ1) is 71.3. The van der Waals surface area contributed by atoms with Gasteiger partial charge in [-0.1, -0.05) is 68.8 Å². The molecule has 0 spiro atoms. The Balaban J connectivity index is 0.000000138. The highest BCUT2D eigenvalue weighted by Crippen LogP contribution is 2.46. The molecule has 3 aliphatic rings. The smallest absolute Gasteiger partial charge is 0.207 e. The number of benzene rings is 9. The zero-order valence-corrected chi connectivity index (χ0v) is 60.3. The van der Waals surface area contributed by atoms with Gasteiger partial charge in [0.2, 0.25) is 17.3 Å². The molecule has 1 atom stereocenters. The molecule has 103 heavy (non-hydrogen) atoms. The van der Waals surface area contributed by atoms with Crippen LogP contribution in [0.2, 0.25) is 0 Å². The molecule has 0 saturated carbocycles. The summed E-state index contributed by atoms with van der Waals surface area (Å²) in [5.74, 6) is 5.28. The molecule has 528 valence electrons. The maximum atomic E-state index is 13.5. The van der Waals surface area contributed by atoms with E-state index in [2.05, 4.69) is 33.9 Å². The van der Waals surface area contributed by atoms with Crippen LogP contribution >= 0.6 is 34.0 Å². The van der Waals surface area contributed by atoms with E-state index >= 15 is 0 Å². The lowest BCUT2D eigenvalue weighted by Gasteiger charge is -2.36. The van der Waals surface area contributed by atoms with E-state index in [4.69, 9.17) is 23.7 Å². The molecule has 0 amide bonds. The molecule has 3 fully saturated rings. The van der Waals surface area contributed by atoms with E-state index in [9.17, 15) is 34.1 Å². The lowest BCUT2D eigenvalue weighted by atomic mass is 10.0. The molecular formula is C84H81FN4O11S3. The van der Waals surface area contributed by atoms with Crippen LogP contribution in [0.15, 0.2) is 200 Å². The third kappa shape index (κ3) is 17.5. The number of rotatable bonds is 25. The number of phenols is 3. The van der Waals surface area contributed by atoms with E-state index in [1.165, 1.54) is 77.5 Å². The number of nitrogens with zero attached hydrogens (tertiary/aromatic N) is 3. The van der Waals surface area contributed by atoms with Gasteiger partial charge < -0.3 is 49.2 Å². The number of aryl methyl sites for hydroxylation is 2. The molecule has 0 radical (unpaired) electrons. The average Bonchev–Trinajstić information content (AvgIpc) is 1.64. The van der Waals surface area contributed by atoms with Crippen molar-refractivity contribution in [2.24, 2.45) is 5.92 Å². The first-order valence-corrected chi connectivity index (χ1v) is 37.3. The molecule has 0 bridgehead atoms. The number of thiophene rings is 3. The quantitative estimate of drug-likeness (QED) is 0.0397. The molecule has 0 aliphatic carbocycles. The molecule has 15 rings (SSSR count). The van der Waals surface area contributed by atoms with Crippen LogP contribution in [0.1, 0.15) is 96.4 Å². The van der Waals surface area contributed by atoms with Crippen molar-refractivity contribution in [3.63, 3.8) is 0 Å². The molecule has 9 aromatic carbocycles. The number of phenolic OH excluding ortho intramolecular Hbond substituents is 3. The van der Waals surface area contributed by atoms with Gasteiger partial charge in [0.1, 0.15) is 79.7 Å². The van der Waals surface area contributed by atoms with Crippen molar-refractivity contribution in [3.8, 4) is 63.2 Å². The van der Waals surface area contributed by atoms with E-state index in [1.54, 1.807) is 54.6 Å². The van der Waals surface area contributed by atoms with Gasteiger partial charge >= 0.3 is 0 Å². The van der Waals surface area contributed by atoms with Crippen molar-refractivity contribution < 1.29 is 57.8 Å². The fraction of sp³-hybridized carbons (Fsp3) is 0.250. The number of hydrogen-bond acceptors (Lipinski definition) is 18. The zero-order valence-electron chi connectivity index (χ0n) is 57.9. The Bertz CT molecular complexity index is 4950. The fourth-order valence-corrected chi connectivity index (χ4v) is 16.1. The monoisotopic (exact) mass is 1440 g/mol. The van der Waals surface area contributed by atoms with E-state index < -0.39 is 5.82 Å². The Morgan fingerprint density at radius 2 is 0.913 bits per heavy atom. The summed E-state index contributed by atoms with van der Waals surface area (Å²) < 4.78 is 46.2. The summed E-state index contributed by atoms with van der Waals surface area (Å²) in [6.45, 7) is 19.5. The highest BCUT2D eigenvalue weighted by atomic mass is 32.1. The molecule has 12 aromatic rings. The summed E-state index contributed by atoms with van der Waals surface area (Å²) in [5, 5.41) is 35.8.